The van der Waals surface area contributed by atoms with Gasteiger partial charge in [-0.15, -0.1) is 0 Å². The Morgan fingerprint density at radius 1 is 0.329 bits per heavy atom. The minimum absolute atomic E-state index is 0.100. The molecule has 2 heterocycles. The van der Waals surface area contributed by atoms with Crippen LogP contribution in [0.1, 0.15) is 47.2 Å². The number of hydrogen-bond donors (Lipinski definition) is 0. The van der Waals surface area contributed by atoms with E-state index >= 15 is 0 Å². The molecule has 1 aromatic heterocycles. The van der Waals surface area contributed by atoms with Gasteiger partial charge >= 0.3 is 0 Å². The number of nitrogens with zero attached hydrogens (tertiary/aromatic N) is 2. The molecular weight excluding hydrogens is 885 g/mol. The minimum Gasteiger partial charge on any atom is -0.457 e. The van der Waals surface area contributed by atoms with Gasteiger partial charge in [-0.05, 0) is 152 Å². The molecule has 0 bridgehead atoms. The molecule has 3 aliphatic rings. The lowest BCUT2D eigenvalue weighted by Crippen LogP contribution is -2.32. The van der Waals surface area contributed by atoms with Crippen LogP contribution in [-0.4, -0.2) is 4.57 Å². The SMILES string of the molecule is CC1(C)c2ccccc2-c2cc3c4cc(-c5ccc(N(c6ccc(-c7ccccc7)cc6)c6ccc7c(c6)C6(c8ccccc8Oc8ccccc86)c6ccccc6-7)cc5)ccc4n(-c4ccccc4)c3cc21. The molecule has 12 aromatic rings. The van der Waals surface area contributed by atoms with Gasteiger partial charge in [0.05, 0.1) is 16.4 Å². The molecule has 1 aliphatic heterocycles. The summed E-state index contributed by atoms with van der Waals surface area (Å²) in [5.41, 5.74) is 23.6. The number of hydrogen-bond acceptors (Lipinski definition) is 2. The smallest absolute Gasteiger partial charge is 0.132 e. The molecule has 0 saturated carbocycles. The van der Waals surface area contributed by atoms with Gasteiger partial charge in [0.1, 0.15) is 11.5 Å². The van der Waals surface area contributed by atoms with Crippen LogP contribution in [0, 0.1) is 0 Å². The highest BCUT2D eigenvalue weighted by Crippen LogP contribution is 2.63. The lowest BCUT2D eigenvalue weighted by Gasteiger charge is -2.39. The second kappa shape index (κ2) is 15.7. The van der Waals surface area contributed by atoms with Crippen LogP contribution in [0.4, 0.5) is 17.1 Å². The monoisotopic (exact) mass is 932 g/mol. The Morgan fingerprint density at radius 3 is 1.49 bits per heavy atom. The van der Waals surface area contributed by atoms with Gasteiger partial charge in [0.25, 0.3) is 0 Å². The van der Waals surface area contributed by atoms with Gasteiger partial charge in [-0.25, -0.2) is 0 Å². The standard InChI is InChI=1S/C70H48N2O/c1-69(2)59-23-11-9-22-54(59)56-43-58-57-41-48(33-40-65(57)72(66(58)44-63(56)69)49-19-7-4-8-20-49)47-31-36-51(37-32-47)71(50-34-29-46(30-35-50)45-17-5-3-6-18-45)52-38-39-55-53-21-10-12-24-60(53)70(64(55)42-52)61-25-13-15-27-67(61)73-68-28-16-14-26-62(68)70/h3-44H,1-2H3. The van der Waals surface area contributed by atoms with Crippen molar-refractivity contribution in [1.29, 1.82) is 0 Å². The Hall–Kier alpha value is -9.18. The Kier molecular flexibility index (Phi) is 8.92. The summed E-state index contributed by atoms with van der Waals surface area (Å²) in [5, 5.41) is 2.51. The van der Waals surface area contributed by atoms with Gasteiger partial charge in [0, 0.05) is 50.1 Å². The quantitative estimate of drug-likeness (QED) is 0.165. The molecule has 3 heteroatoms. The molecular formula is C70H48N2O. The first-order valence-electron chi connectivity index (χ1n) is 25.4. The summed E-state index contributed by atoms with van der Waals surface area (Å²) in [6.07, 6.45) is 0. The zero-order valence-electron chi connectivity index (χ0n) is 40.6. The molecule has 0 unspecified atom stereocenters. The number of benzene rings is 11. The van der Waals surface area contributed by atoms with E-state index in [0.717, 1.165) is 50.9 Å². The fourth-order valence-corrected chi connectivity index (χ4v) is 12.9. The molecule has 344 valence electrons. The zero-order valence-corrected chi connectivity index (χ0v) is 40.6. The molecule has 0 atom stereocenters. The highest BCUT2D eigenvalue weighted by molar-refractivity contribution is 6.13. The van der Waals surface area contributed by atoms with E-state index in [4.69, 9.17) is 4.74 Å². The summed E-state index contributed by atoms with van der Waals surface area (Å²) in [6, 6.07) is 93.8. The zero-order chi connectivity index (χ0) is 48.4. The van der Waals surface area contributed by atoms with E-state index in [1.165, 1.54) is 83.0 Å². The van der Waals surface area contributed by atoms with Crippen molar-refractivity contribution >= 4 is 38.9 Å². The maximum atomic E-state index is 6.70. The number of rotatable bonds is 6. The number of para-hydroxylation sites is 3. The van der Waals surface area contributed by atoms with Gasteiger partial charge in [-0.1, -0.05) is 184 Å². The molecule has 2 aliphatic carbocycles. The van der Waals surface area contributed by atoms with E-state index in [1.807, 2.05) is 0 Å². The summed E-state index contributed by atoms with van der Waals surface area (Å²) in [4.78, 5) is 2.42. The highest BCUT2D eigenvalue weighted by atomic mass is 16.5. The molecule has 73 heavy (non-hydrogen) atoms. The highest BCUT2D eigenvalue weighted by Gasteiger charge is 2.51. The van der Waals surface area contributed by atoms with Crippen molar-refractivity contribution in [3.05, 3.63) is 288 Å². The average molecular weight is 933 g/mol. The summed E-state index contributed by atoms with van der Waals surface area (Å²) >= 11 is 0. The summed E-state index contributed by atoms with van der Waals surface area (Å²) in [7, 11) is 0. The first-order chi connectivity index (χ1) is 35.9. The van der Waals surface area contributed by atoms with Crippen molar-refractivity contribution in [2.75, 3.05) is 4.90 Å². The largest absolute Gasteiger partial charge is 0.457 e. The molecule has 0 N–H and O–H groups in total. The lowest BCUT2D eigenvalue weighted by atomic mass is 9.66. The molecule has 0 radical (unpaired) electrons. The summed E-state index contributed by atoms with van der Waals surface area (Å²) < 4.78 is 9.15. The van der Waals surface area contributed by atoms with Crippen LogP contribution in [0.5, 0.6) is 11.5 Å². The first kappa shape index (κ1) is 41.6. The van der Waals surface area contributed by atoms with Gasteiger partial charge in [-0.3, -0.25) is 0 Å². The van der Waals surface area contributed by atoms with Gasteiger partial charge in [-0.2, -0.15) is 0 Å². The van der Waals surface area contributed by atoms with Crippen LogP contribution >= 0.6 is 0 Å². The van der Waals surface area contributed by atoms with Crippen LogP contribution in [0.3, 0.4) is 0 Å². The van der Waals surface area contributed by atoms with Gasteiger partial charge in [0.2, 0.25) is 0 Å². The van der Waals surface area contributed by atoms with Gasteiger partial charge in [0.15, 0.2) is 0 Å². The first-order valence-corrected chi connectivity index (χ1v) is 25.4. The average Bonchev–Trinajstić information content (AvgIpc) is 4.02. The van der Waals surface area contributed by atoms with Crippen molar-refractivity contribution in [1.82, 2.24) is 4.57 Å². The molecule has 0 saturated heterocycles. The Labute approximate surface area is 425 Å². The second-order valence-electron chi connectivity index (χ2n) is 20.4. The molecule has 3 nitrogen and oxygen atoms in total. The van der Waals surface area contributed by atoms with Crippen LogP contribution in [0.2, 0.25) is 0 Å². The molecule has 11 aromatic carbocycles. The third-order valence-electron chi connectivity index (χ3n) is 16.3. The van der Waals surface area contributed by atoms with Crippen molar-refractivity contribution in [3.63, 3.8) is 0 Å². The summed E-state index contributed by atoms with van der Waals surface area (Å²) in [5.74, 6) is 1.78. The third-order valence-corrected chi connectivity index (χ3v) is 16.3. The van der Waals surface area contributed by atoms with Crippen molar-refractivity contribution < 1.29 is 4.74 Å². The van der Waals surface area contributed by atoms with Crippen LogP contribution in [0.25, 0.3) is 72.0 Å². The molecule has 0 amide bonds. The van der Waals surface area contributed by atoms with E-state index < -0.39 is 5.41 Å². The van der Waals surface area contributed by atoms with E-state index in [-0.39, 0.29) is 5.41 Å². The van der Waals surface area contributed by atoms with Crippen LogP contribution < -0.4 is 9.64 Å². The third kappa shape index (κ3) is 6.00. The van der Waals surface area contributed by atoms with Crippen LogP contribution in [-0.2, 0) is 10.8 Å². The van der Waals surface area contributed by atoms with Gasteiger partial charge < -0.3 is 14.2 Å². The molecule has 1 spiro atoms. The number of fused-ring (bicyclic) bond motifs is 15. The van der Waals surface area contributed by atoms with Crippen molar-refractivity contribution in [3.8, 4) is 61.7 Å². The lowest BCUT2D eigenvalue weighted by molar-refractivity contribution is 0.436. The van der Waals surface area contributed by atoms with Crippen LogP contribution in [0.15, 0.2) is 255 Å². The normalized spacial score (nSPS) is 13.9. The number of aromatic nitrogens is 1. The van der Waals surface area contributed by atoms with E-state index in [1.54, 1.807) is 0 Å². The van der Waals surface area contributed by atoms with E-state index in [9.17, 15) is 0 Å². The van der Waals surface area contributed by atoms with E-state index in [0.29, 0.717) is 0 Å². The Bertz CT molecular complexity index is 4140. The number of ether oxygens (including phenoxy) is 1. The molecule has 0 fully saturated rings. The van der Waals surface area contributed by atoms with E-state index in [2.05, 4.69) is 278 Å². The topological polar surface area (TPSA) is 17.4 Å². The maximum absolute atomic E-state index is 6.70. The van der Waals surface area contributed by atoms with Crippen molar-refractivity contribution in [2.24, 2.45) is 0 Å². The Morgan fingerprint density at radius 2 is 0.822 bits per heavy atom. The Balaban J connectivity index is 0.893. The molecule has 15 rings (SSSR count). The minimum atomic E-state index is -0.581. The predicted octanol–water partition coefficient (Wildman–Crippen LogP) is 18.4. The predicted molar refractivity (Wildman–Crippen MR) is 301 cm³/mol. The second-order valence-corrected chi connectivity index (χ2v) is 20.4. The van der Waals surface area contributed by atoms with Crippen molar-refractivity contribution in [2.45, 2.75) is 24.7 Å². The number of anilines is 3. The fourth-order valence-electron chi connectivity index (χ4n) is 12.9. The summed E-state index contributed by atoms with van der Waals surface area (Å²) in [6.45, 7) is 4.73. The maximum Gasteiger partial charge on any atom is 0.132 e. The fraction of sp³-hybridized carbons (Fsp3) is 0.0571.